The summed E-state index contributed by atoms with van der Waals surface area (Å²) >= 11 is 0. The summed E-state index contributed by atoms with van der Waals surface area (Å²) in [5, 5.41) is 38.2. The maximum Gasteiger partial charge on any atom is 0.270 e. The fourth-order valence-corrected chi connectivity index (χ4v) is 2.22. The maximum atomic E-state index is 11.7. The third kappa shape index (κ3) is 3.49. The minimum Gasteiger partial charge on any atom is -0.872 e. The molecule has 0 unspecified atom stereocenters. The highest BCUT2D eigenvalue weighted by molar-refractivity contribution is 5.87. The molecule has 2 aromatic rings. The first-order valence-corrected chi connectivity index (χ1v) is 7.14. The Balaban J connectivity index is 1.71. The van der Waals surface area contributed by atoms with Gasteiger partial charge in [-0.2, -0.15) is 10.2 Å². The Labute approximate surface area is 137 Å². The van der Waals surface area contributed by atoms with Crippen molar-refractivity contribution >= 4 is 17.7 Å². The number of nitrogens with zero attached hydrogens (tertiary/aromatic N) is 5. The molecule has 0 aliphatic carbocycles. The van der Waals surface area contributed by atoms with Crippen molar-refractivity contribution in [1.82, 2.24) is 0 Å². The third-order valence-electron chi connectivity index (χ3n) is 3.45. The summed E-state index contributed by atoms with van der Waals surface area (Å²) in [5.74, 6) is 0.0812. The van der Waals surface area contributed by atoms with Gasteiger partial charge in [0.25, 0.3) is 5.69 Å². The van der Waals surface area contributed by atoms with Gasteiger partial charge in [0.1, 0.15) is 6.04 Å². The van der Waals surface area contributed by atoms with Crippen molar-refractivity contribution in [1.29, 1.82) is 0 Å². The molecule has 120 valence electrons. The highest BCUT2D eigenvalue weighted by Crippen LogP contribution is 2.27. The lowest BCUT2D eigenvalue weighted by atomic mass is 10.1. The third-order valence-corrected chi connectivity index (χ3v) is 3.45. The van der Waals surface area contributed by atoms with Crippen molar-refractivity contribution < 1.29 is 10.0 Å². The maximum absolute atomic E-state index is 11.7. The number of benzene rings is 2. The molecule has 1 aliphatic heterocycles. The molecular weight excluding hydrogens is 310 g/mol. The van der Waals surface area contributed by atoms with Crippen LogP contribution in [0.25, 0.3) is 0 Å². The average Bonchev–Trinajstić information content (AvgIpc) is 3.06. The van der Waals surface area contributed by atoms with E-state index in [1.165, 1.54) is 6.21 Å². The molecule has 0 spiro atoms. The molecule has 1 aliphatic rings. The molecule has 0 bridgehead atoms. The molecule has 0 radical (unpaired) electrons. The van der Waals surface area contributed by atoms with Gasteiger partial charge >= 0.3 is 0 Å². The van der Waals surface area contributed by atoms with E-state index in [0.29, 0.717) is 12.3 Å². The number of amidine groups is 1. The number of azo groups is 1. The highest BCUT2D eigenvalue weighted by Gasteiger charge is 2.19. The van der Waals surface area contributed by atoms with Crippen LogP contribution in [0.15, 0.2) is 69.0 Å². The molecule has 3 rings (SSSR count). The second-order valence-electron chi connectivity index (χ2n) is 5.09. The molecule has 0 N–H and O–H groups in total. The van der Waals surface area contributed by atoms with Crippen molar-refractivity contribution in [3.63, 3.8) is 0 Å². The predicted molar refractivity (Wildman–Crippen MR) is 86.2 cm³/mol. The van der Waals surface area contributed by atoms with Crippen molar-refractivity contribution in [3.8, 4) is 5.75 Å². The van der Waals surface area contributed by atoms with Crippen LogP contribution in [0.4, 0.5) is 5.69 Å². The monoisotopic (exact) mass is 322 g/mol. The number of nitro groups is 1. The minimum atomic E-state index is -0.571. The molecule has 1 atom stereocenters. The van der Waals surface area contributed by atoms with Gasteiger partial charge in [-0.1, -0.05) is 42.1 Å². The number of hydrogen-bond acceptors (Lipinski definition) is 6. The van der Waals surface area contributed by atoms with Gasteiger partial charge in [0.15, 0.2) is 5.84 Å². The minimum absolute atomic E-state index is 0.0898. The summed E-state index contributed by atoms with van der Waals surface area (Å²) in [6.45, 7) is 0. The smallest absolute Gasteiger partial charge is 0.270 e. The normalized spacial score (nSPS) is 18.5. The zero-order valence-corrected chi connectivity index (χ0v) is 12.4. The van der Waals surface area contributed by atoms with Crippen LogP contribution in [0.3, 0.4) is 0 Å². The van der Waals surface area contributed by atoms with E-state index in [4.69, 9.17) is 0 Å². The summed E-state index contributed by atoms with van der Waals surface area (Å²) in [6.07, 6.45) is 1.70. The van der Waals surface area contributed by atoms with E-state index in [0.717, 1.165) is 23.8 Å². The van der Waals surface area contributed by atoms with Gasteiger partial charge in [0.05, 0.1) is 11.1 Å². The van der Waals surface area contributed by atoms with Gasteiger partial charge < -0.3 is 5.11 Å². The van der Waals surface area contributed by atoms with Gasteiger partial charge in [-0.15, -0.1) is 10.2 Å². The Hall–Kier alpha value is -3.42. The Kier molecular flexibility index (Phi) is 4.37. The van der Waals surface area contributed by atoms with Gasteiger partial charge in [-0.25, -0.2) is 0 Å². The van der Waals surface area contributed by atoms with E-state index in [2.05, 4.69) is 20.4 Å². The van der Waals surface area contributed by atoms with Crippen LogP contribution in [-0.2, 0) is 0 Å². The van der Waals surface area contributed by atoms with Crippen LogP contribution in [-0.4, -0.2) is 17.0 Å². The van der Waals surface area contributed by atoms with Gasteiger partial charge in [-0.05, 0) is 11.1 Å². The average molecular weight is 322 g/mol. The Morgan fingerprint density at radius 3 is 2.75 bits per heavy atom. The van der Waals surface area contributed by atoms with Crippen molar-refractivity contribution in [3.05, 3.63) is 69.8 Å². The van der Waals surface area contributed by atoms with Crippen LogP contribution in [0.5, 0.6) is 5.75 Å². The van der Waals surface area contributed by atoms with Crippen LogP contribution in [0.1, 0.15) is 23.6 Å². The standard InChI is InChI=1S/C16H13N5O3/c22-15-7-6-13(21(23)24)8-12(15)10-17-19-16-9-14(18-20-16)11-4-2-1-3-5-11/h1-8,10,14,22H,9H2/p-1/b17-10-,19-16-/t14-/m1/s1. The zero-order valence-electron chi connectivity index (χ0n) is 12.4. The van der Waals surface area contributed by atoms with E-state index in [1.807, 2.05) is 30.3 Å². The van der Waals surface area contributed by atoms with E-state index in [1.54, 1.807) is 0 Å². The molecule has 24 heavy (non-hydrogen) atoms. The largest absolute Gasteiger partial charge is 0.872 e. The van der Waals surface area contributed by atoms with E-state index in [-0.39, 0.29) is 23.0 Å². The molecule has 8 heteroatoms. The molecule has 0 fully saturated rings. The molecule has 0 amide bonds. The molecule has 0 saturated carbocycles. The zero-order chi connectivity index (χ0) is 16.9. The van der Waals surface area contributed by atoms with Crippen LogP contribution < -0.4 is 5.11 Å². The Bertz CT molecular complexity index is 846. The quantitative estimate of drug-likeness (QED) is 0.489. The molecule has 1 heterocycles. The second kappa shape index (κ2) is 6.78. The summed E-state index contributed by atoms with van der Waals surface area (Å²) in [6, 6.07) is 13.1. The second-order valence-corrected chi connectivity index (χ2v) is 5.09. The molecular formula is C16H12N5O3-. The molecule has 8 nitrogen and oxygen atoms in total. The van der Waals surface area contributed by atoms with Gasteiger partial charge in [0, 0.05) is 18.6 Å². The van der Waals surface area contributed by atoms with Crippen molar-refractivity contribution in [2.75, 3.05) is 0 Å². The van der Waals surface area contributed by atoms with Crippen molar-refractivity contribution in [2.24, 2.45) is 20.4 Å². The van der Waals surface area contributed by atoms with E-state index in [9.17, 15) is 15.2 Å². The van der Waals surface area contributed by atoms with Crippen LogP contribution in [0.2, 0.25) is 0 Å². The molecule has 0 saturated heterocycles. The summed E-state index contributed by atoms with van der Waals surface area (Å²) in [5.41, 5.74) is 0.965. The number of nitro benzene ring substituents is 1. The lowest BCUT2D eigenvalue weighted by molar-refractivity contribution is -0.385. The first kappa shape index (κ1) is 15.5. The Morgan fingerprint density at radius 1 is 1.21 bits per heavy atom. The summed E-state index contributed by atoms with van der Waals surface area (Å²) in [7, 11) is 0. The van der Waals surface area contributed by atoms with E-state index >= 15 is 0 Å². The number of rotatable bonds is 4. The van der Waals surface area contributed by atoms with Crippen LogP contribution >= 0.6 is 0 Å². The van der Waals surface area contributed by atoms with Crippen molar-refractivity contribution in [2.45, 2.75) is 12.5 Å². The SMILES string of the molecule is O=[N+]([O-])c1ccc([O-])c(/C=N\N=C2\C[C@H](c3ccccc3)N=N2)c1. The summed E-state index contributed by atoms with van der Waals surface area (Å²) < 4.78 is 0. The fraction of sp³-hybridized carbons (Fsp3) is 0.125. The van der Waals surface area contributed by atoms with Gasteiger partial charge in [-0.3, -0.25) is 10.1 Å². The molecule has 2 aromatic carbocycles. The number of non-ortho nitro benzene ring substituents is 1. The first-order valence-electron chi connectivity index (χ1n) is 7.14. The Morgan fingerprint density at radius 2 is 2.00 bits per heavy atom. The first-order chi connectivity index (χ1) is 11.6. The fourth-order valence-electron chi connectivity index (χ4n) is 2.22. The topological polar surface area (TPSA) is 116 Å². The molecule has 0 aromatic heterocycles. The van der Waals surface area contributed by atoms with E-state index < -0.39 is 4.92 Å². The highest BCUT2D eigenvalue weighted by atomic mass is 16.6. The summed E-state index contributed by atoms with van der Waals surface area (Å²) in [4.78, 5) is 10.2. The van der Waals surface area contributed by atoms with Crippen LogP contribution in [0, 0.1) is 10.1 Å². The van der Waals surface area contributed by atoms with Gasteiger partial charge in [0.2, 0.25) is 0 Å². The number of hydrogen-bond donors (Lipinski definition) is 0. The lowest BCUT2D eigenvalue weighted by Crippen LogP contribution is -1.98. The predicted octanol–water partition coefficient (Wildman–Crippen LogP) is 3.00. The lowest BCUT2D eigenvalue weighted by Gasteiger charge is -2.07.